The van der Waals surface area contributed by atoms with Crippen LogP contribution in [0.2, 0.25) is 0 Å². The van der Waals surface area contributed by atoms with Crippen molar-refractivity contribution in [2.75, 3.05) is 13.7 Å². The fourth-order valence-electron chi connectivity index (χ4n) is 2.74. The summed E-state index contributed by atoms with van der Waals surface area (Å²) in [7, 11) is 1.74. The van der Waals surface area contributed by atoms with Crippen molar-refractivity contribution in [2.24, 2.45) is 0 Å². The smallest absolute Gasteiger partial charge is 0.122 e. The number of aryl methyl sites for hydroxylation is 1. The molecule has 0 aliphatic carbocycles. The number of ether oxygens (including phenoxy) is 1. The van der Waals surface area contributed by atoms with Crippen LogP contribution in [-0.4, -0.2) is 19.7 Å². The van der Waals surface area contributed by atoms with Gasteiger partial charge in [-0.2, -0.15) is 0 Å². The topological polar surface area (TPSA) is 21.3 Å². The van der Waals surface area contributed by atoms with Crippen LogP contribution in [0.5, 0.6) is 5.75 Å². The second-order valence-electron chi connectivity index (χ2n) is 5.46. The van der Waals surface area contributed by atoms with Gasteiger partial charge in [0.25, 0.3) is 0 Å². The van der Waals surface area contributed by atoms with E-state index in [9.17, 15) is 0 Å². The van der Waals surface area contributed by atoms with Gasteiger partial charge in [-0.1, -0.05) is 55.0 Å². The lowest BCUT2D eigenvalue weighted by molar-refractivity contribution is 0.404. The van der Waals surface area contributed by atoms with Crippen molar-refractivity contribution in [3.8, 4) is 5.75 Å². The van der Waals surface area contributed by atoms with Crippen molar-refractivity contribution in [3.05, 3.63) is 65.2 Å². The van der Waals surface area contributed by atoms with Gasteiger partial charge in [-0.15, -0.1) is 0 Å². The SMILES string of the molecule is CCNC(Cc1ccccc1)Cc1cc(C)ccc1OC. The van der Waals surface area contributed by atoms with Gasteiger partial charge in [-0.05, 0) is 43.5 Å². The van der Waals surface area contributed by atoms with Crippen LogP contribution in [0.1, 0.15) is 23.6 Å². The molecule has 0 saturated heterocycles. The summed E-state index contributed by atoms with van der Waals surface area (Å²) >= 11 is 0. The highest BCUT2D eigenvalue weighted by molar-refractivity contribution is 5.37. The molecule has 112 valence electrons. The van der Waals surface area contributed by atoms with Crippen LogP contribution >= 0.6 is 0 Å². The van der Waals surface area contributed by atoms with Crippen LogP contribution in [0.15, 0.2) is 48.5 Å². The molecule has 2 aromatic rings. The molecule has 1 N–H and O–H groups in total. The molecule has 0 saturated carbocycles. The van der Waals surface area contributed by atoms with Gasteiger partial charge in [0.15, 0.2) is 0 Å². The van der Waals surface area contributed by atoms with Gasteiger partial charge in [0.1, 0.15) is 5.75 Å². The van der Waals surface area contributed by atoms with E-state index in [0.29, 0.717) is 6.04 Å². The third-order valence-electron chi connectivity index (χ3n) is 3.72. The van der Waals surface area contributed by atoms with E-state index in [2.05, 4.69) is 67.7 Å². The van der Waals surface area contributed by atoms with Crippen LogP contribution in [0.4, 0.5) is 0 Å². The Kier molecular flexibility index (Phi) is 5.82. The van der Waals surface area contributed by atoms with Gasteiger partial charge in [0, 0.05) is 6.04 Å². The fourth-order valence-corrected chi connectivity index (χ4v) is 2.74. The fraction of sp³-hybridized carbons (Fsp3) is 0.368. The second-order valence-corrected chi connectivity index (χ2v) is 5.46. The maximum atomic E-state index is 5.50. The molecule has 2 heteroatoms. The third kappa shape index (κ3) is 4.61. The molecule has 2 aromatic carbocycles. The standard InChI is InChI=1S/C19H25NO/c1-4-20-18(13-16-8-6-5-7-9-16)14-17-12-15(2)10-11-19(17)21-3/h5-12,18,20H,4,13-14H2,1-3H3. The molecular formula is C19H25NO. The van der Waals surface area contributed by atoms with Crippen molar-refractivity contribution in [1.29, 1.82) is 0 Å². The predicted molar refractivity (Wildman–Crippen MR) is 89.0 cm³/mol. The van der Waals surface area contributed by atoms with E-state index in [-0.39, 0.29) is 0 Å². The van der Waals surface area contributed by atoms with Crippen LogP contribution in [0.25, 0.3) is 0 Å². The van der Waals surface area contributed by atoms with E-state index in [0.717, 1.165) is 25.1 Å². The summed E-state index contributed by atoms with van der Waals surface area (Å²) in [5.41, 5.74) is 3.93. The molecule has 0 aliphatic heterocycles. The minimum Gasteiger partial charge on any atom is -0.496 e. The summed E-state index contributed by atoms with van der Waals surface area (Å²) in [5.74, 6) is 0.983. The van der Waals surface area contributed by atoms with E-state index < -0.39 is 0 Å². The van der Waals surface area contributed by atoms with Gasteiger partial charge in [0.05, 0.1) is 7.11 Å². The molecule has 0 radical (unpaired) electrons. The van der Waals surface area contributed by atoms with Crippen LogP contribution in [0.3, 0.4) is 0 Å². The molecule has 1 unspecified atom stereocenters. The Balaban J connectivity index is 2.14. The summed E-state index contributed by atoms with van der Waals surface area (Å²) in [4.78, 5) is 0. The quantitative estimate of drug-likeness (QED) is 0.835. The number of benzene rings is 2. The van der Waals surface area contributed by atoms with Gasteiger partial charge in [0.2, 0.25) is 0 Å². The van der Waals surface area contributed by atoms with Crippen molar-refractivity contribution in [1.82, 2.24) is 5.32 Å². The molecular weight excluding hydrogens is 258 g/mol. The first-order valence-corrected chi connectivity index (χ1v) is 7.63. The van der Waals surface area contributed by atoms with E-state index in [4.69, 9.17) is 4.74 Å². The summed E-state index contributed by atoms with van der Waals surface area (Å²) in [6, 6.07) is 17.5. The first-order chi connectivity index (χ1) is 10.2. The normalized spacial score (nSPS) is 12.1. The molecule has 0 fully saturated rings. The lowest BCUT2D eigenvalue weighted by atomic mass is 9.97. The lowest BCUT2D eigenvalue weighted by Crippen LogP contribution is -2.33. The van der Waals surface area contributed by atoms with Crippen LogP contribution in [0, 0.1) is 6.92 Å². The van der Waals surface area contributed by atoms with Gasteiger partial charge < -0.3 is 10.1 Å². The lowest BCUT2D eigenvalue weighted by Gasteiger charge is -2.20. The van der Waals surface area contributed by atoms with E-state index in [1.165, 1.54) is 16.7 Å². The predicted octanol–water partition coefficient (Wildman–Crippen LogP) is 3.77. The minimum atomic E-state index is 0.424. The molecule has 1 atom stereocenters. The van der Waals surface area contributed by atoms with Gasteiger partial charge in [-0.3, -0.25) is 0 Å². The molecule has 2 nitrogen and oxygen atoms in total. The third-order valence-corrected chi connectivity index (χ3v) is 3.72. The summed E-state index contributed by atoms with van der Waals surface area (Å²) < 4.78 is 5.50. The van der Waals surface area contributed by atoms with Crippen molar-refractivity contribution in [3.63, 3.8) is 0 Å². The van der Waals surface area contributed by atoms with Gasteiger partial charge >= 0.3 is 0 Å². The Morgan fingerprint density at radius 2 is 1.81 bits per heavy atom. The molecule has 0 bridgehead atoms. The zero-order valence-electron chi connectivity index (χ0n) is 13.2. The average Bonchev–Trinajstić information content (AvgIpc) is 2.49. The molecule has 0 amide bonds. The zero-order chi connectivity index (χ0) is 15.1. The maximum absolute atomic E-state index is 5.50. The Hall–Kier alpha value is -1.80. The summed E-state index contributed by atoms with van der Waals surface area (Å²) in [5, 5.41) is 3.59. The number of methoxy groups -OCH3 is 1. The Bertz CT molecular complexity index is 551. The Morgan fingerprint density at radius 3 is 2.48 bits per heavy atom. The second kappa shape index (κ2) is 7.84. The summed E-state index contributed by atoms with van der Waals surface area (Å²) in [6.45, 7) is 5.26. The first-order valence-electron chi connectivity index (χ1n) is 7.63. The van der Waals surface area contributed by atoms with Crippen molar-refractivity contribution < 1.29 is 4.74 Å². The number of rotatable bonds is 7. The number of hydrogen-bond acceptors (Lipinski definition) is 2. The zero-order valence-corrected chi connectivity index (χ0v) is 13.2. The van der Waals surface area contributed by atoms with E-state index in [1.807, 2.05) is 0 Å². The molecule has 2 rings (SSSR count). The Morgan fingerprint density at radius 1 is 1.05 bits per heavy atom. The highest BCUT2D eigenvalue weighted by Gasteiger charge is 2.12. The van der Waals surface area contributed by atoms with E-state index in [1.54, 1.807) is 7.11 Å². The monoisotopic (exact) mass is 283 g/mol. The largest absolute Gasteiger partial charge is 0.496 e. The van der Waals surface area contributed by atoms with Gasteiger partial charge in [-0.25, -0.2) is 0 Å². The minimum absolute atomic E-state index is 0.424. The number of likely N-dealkylation sites (N-methyl/N-ethyl adjacent to an activating group) is 1. The molecule has 21 heavy (non-hydrogen) atoms. The average molecular weight is 283 g/mol. The maximum Gasteiger partial charge on any atom is 0.122 e. The summed E-state index contributed by atoms with van der Waals surface area (Å²) in [6.07, 6.45) is 2.01. The number of nitrogens with one attached hydrogen (secondary N) is 1. The Labute approximate surface area is 128 Å². The van der Waals surface area contributed by atoms with E-state index >= 15 is 0 Å². The van der Waals surface area contributed by atoms with Crippen LogP contribution in [-0.2, 0) is 12.8 Å². The highest BCUT2D eigenvalue weighted by Crippen LogP contribution is 2.22. The van der Waals surface area contributed by atoms with Crippen molar-refractivity contribution >= 4 is 0 Å². The molecule has 0 aliphatic rings. The highest BCUT2D eigenvalue weighted by atomic mass is 16.5. The molecule has 0 heterocycles. The molecule has 0 spiro atoms. The first kappa shape index (κ1) is 15.6. The number of hydrogen-bond donors (Lipinski definition) is 1. The van der Waals surface area contributed by atoms with Crippen molar-refractivity contribution in [2.45, 2.75) is 32.7 Å². The van der Waals surface area contributed by atoms with Crippen LogP contribution < -0.4 is 10.1 Å². The molecule has 0 aromatic heterocycles.